The molecule has 0 aliphatic carbocycles. The van der Waals surface area contributed by atoms with E-state index < -0.39 is 6.10 Å². The van der Waals surface area contributed by atoms with Crippen LogP contribution in [0.2, 0.25) is 0 Å². The van der Waals surface area contributed by atoms with Crippen LogP contribution in [-0.4, -0.2) is 35.3 Å². The number of rotatable bonds is 3. The van der Waals surface area contributed by atoms with Gasteiger partial charge in [-0.3, -0.25) is 9.78 Å². The van der Waals surface area contributed by atoms with Gasteiger partial charge in [0.15, 0.2) is 0 Å². The van der Waals surface area contributed by atoms with Gasteiger partial charge in [0.25, 0.3) is 6.47 Å². The molecule has 1 aliphatic rings. The Labute approximate surface area is 126 Å². The van der Waals surface area contributed by atoms with Crippen molar-refractivity contribution in [1.29, 1.82) is 0 Å². The number of carbonyl (C=O) groups is 1. The van der Waals surface area contributed by atoms with Gasteiger partial charge in [-0.1, -0.05) is 6.07 Å². The Morgan fingerprint density at radius 2 is 2.05 bits per heavy atom. The molecule has 5 nitrogen and oxygen atoms in total. The molecule has 118 valence electrons. The average molecular weight is 294 g/mol. The Morgan fingerprint density at radius 3 is 2.48 bits per heavy atom. The first-order valence-corrected chi connectivity index (χ1v) is 7.35. The van der Waals surface area contributed by atoms with E-state index in [2.05, 4.69) is 15.0 Å². The van der Waals surface area contributed by atoms with E-state index in [9.17, 15) is 9.90 Å². The summed E-state index contributed by atoms with van der Waals surface area (Å²) in [5, 5.41) is 13.3. The fourth-order valence-electron chi connectivity index (χ4n) is 2.10. The minimum Gasteiger partial charge on any atom is -0.462 e. The second kappa shape index (κ2) is 8.74. The Kier molecular flexibility index (Phi) is 7.32. The predicted octanol–water partition coefficient (Wildman–Crippen LogP) is 2.07. The molecule has 1 aromatic heterocycles. The van der Waals surface area contributed by atoms with Gasteiger partial charge in [-0.05, 0) is 64.8 Å². The molecule has 2 rings (SSSR count). The molecule has 5 heteroatoms. The summed E-state index contributed by atoms with van der Waals surface area (Å²) < 4.78 is 4.55. The third-order valence-electron chi connectivity index (χ3n) is 3.22. The zero-order chi connectivity index (χ0) is 15.7. The highest BCUT2D eigenvalue weighted by Gasteiger charge is 2.23. The Morgan fingerprint density at radius 1 is 1.38 bits per heavy atom. The molecule has 0 aromatic carbocycles. The third kappa shape index (κ3) is 7.20. The van der Waals surface area contributed by atoms with Crippen LogP contribution in [0, 0.1) is 5.92 Å². The van der Waals surface area contributed by atoms with E-state index in [1.165, 1.54) is 0 Å². The van der Waals surface area contributed by atoms with Crippen molar-refractivity contribution in [3.63, 3.8) is 0 Å². The first-order chi connectivity index (χ1) is 9.94. The van der Waals surface area contributed by atoms with E-state index in [0.29, 0.717) is 12.4 Å². The van der Waals surface area contributed by atoms with Gasteiger partial charge in [0, 0.05) is 6.20 Å². The fraction of sp³-hybridized carbons (Fsp3) is 0.625. The highest BCUT2D eigenvalue weighted by molar-refractivity contribution is 5.37. The maximum atomic E-state index is 10.1. The van der Waals surface area contributed by atoms with Crippen molar-refractivity contribution in [2.45, 2.75) is 45.3 Å². The van der Waals surface area contributed by atoms with E-state index in [4.69, 9.17) is 0 Å². The van der Waals surface area contributed by atoms with Crippen LogP contribution in [0.15, 0.2) is 24.4 Å². The molecule has 1 aromatic rings. The lowest BCUT2D eigenvalue weighted by molar-refractivity contribution is -0.138. The van der Waals surface area contributed by atoms with Gasteiger partial charge < -0.3 is 15.2 Å². The van der Waals surface area contributed by atoms with Crippen LogP contribution >= 0.6 is 0 Å². The number of aliphatic hydroxyl groups excluding tert-OH is 1. The fourth-order valence-corrected chi connectivity index (χ4v) is 2.10. The number of hydrogen-bond acceptors (Lipinski definition) is 5. The number of piperidine rings is 1. The van der Waals surface area contributed by atoms with Crippen molar-refractivity contribution >= 4 is 6.47 Å². The largest absolute Gasteiger partial charge is 0.462 e. The lowest BCUT2D eigenvalue weighted by atomic mass is 9.90. The molecule has 1 saturated heterocycles. The molecule has 0 amide bonds. The minimum atomic E-state index is -0.390. The van der Waals surface area contributed by atoms with Crippen LogP contribution < -0.4 is 5.32 Å². The maximum absolute atomic E-state index is 10.1. The summed E-state index contributed by atoms with van der Waals surface area (Å²) in [4.78, 5) is 13.8. The van der Waals surface area contributed by atoms with Gasteiger partial charge in [-0.2, -0.15) is 0 Å². The van der Waals surface area contributed by atoms with Crippen molar-refractivity contribution in [3.05, 3.63) is 30.1 Å². The van der Waals surface area contributed by atoms with Crippen LogP contribution in [0.25, 0.3) is 0 Å². The molecule has 0 bridgehead atoms. The van der Waals surface area contributed by atoms with Crippen LogP contribution in [0.5, 0.6) is 0 Å². The van der Waals surface area contributed by atoms with Crippen molar-refractivity contribution in [1.82, 2.24) is 10.3 Å². The number of nitrogens with one attached hydrogen (secondary N) is 1. The van der Waals surface area contributed by atoms with E-state index >= 15 is 0 Å². The van der Waals surface area contributed by atoms with Gasteiger partial charge in [-0.15, -0.1) is 0 Å². The first-order valence-electron chi connectivity index (χ1n) is 7.35. The lowest BCUT2D eigenvalue weighted by Gasteiger charge is -2.26. The zero-order valence-corrected chi connectivity index (χ0v) is 13.1. The van der Waals surface area contributed by atoms with Crippen LogP contribution in [-0.2, 0) is 9.53 Å². The summed E-state index contributed by atoms with van der Waals surface area (Å²) in [5.74, 6) is 0.367. The quantitative estimate of drug-likeness (QED) is 0.835. The molecule has 1 fully saturated rings. The number of aliphatic hydroxyl groups is 1. The number of hydrogen-bond donors (Lipinski definition) is 2. The Bertz CT molecular complexity index is 398. The summed E-state index contributed by atoms with van der Waals surface area (Å²) in [7, 11) is 0. The summed E-state index contributed by atoms with van der Waals surface area (Å²) >= 11 is 0. The Hall–Kier alpha value is -1.46. The second-order valence-corrected chi connectivity index (χ2v) is 6.11. The first kappa shape index (κ1) is 17.6. The average Bonchev–Trinajstić information content (AvgIpc) is 2.48. The third-order valence-corrected chi connectivity index (χ3v) is 3.22. The Balaban J connectivity index is 0.000000270. The molecule has 2 N–H and O–H groups in total. The SMILES string of the molecule is CC(C)(C)OC=O.OC(c1ccccn1)C1CCNCC1. The molecule has 1 aliphatic heterocycles. The number of ether oxygens (including phenoxy) is 1. The van der Waals surface area contributed by atoms with Crippen LogP contribution in [0.3, 0.4) is 0 Å². The molecule has 0 saturated carbocycles. The van der Waals surface area contributed by atoms with E-state index in [0.717, 1.165) is 31.6 Å². The van der Waals surface area contributed by atoms with Gasteiger partial charge >= 0.3 is 0 Å². The number of carbonyl (C=O) groups excluding carboxylic acids is 1. The monoisotopic (exact) mass is 294 g/mol. The van der Waals surface area contributed by atoms with Gasteiger partial charge in [0.2, 0.25) is 0 Å². The summed E-state index contributed by atoms with van der Waals surface area (Å²) in [5.41, 5.74) is 0.487. The van der Waals surface area contributed by atoms with Crippen molar-refractivity contribution in [3.8, 4) is 0 Å². The number of aromatic nitrogens is 1. The van der Waals surface area contributed by atoms with E-state index in [1.807, 2.05) is 39.0 Å². The molecular weight excluding hydrogens is 268 g/mol. The zero-order valence-electron chi connectivity index (χ0n) is 13.1. The lowest BCUT2D eigenvalue weighted by Crippen LogP contribution is -2.31. The molecule has 1 unspecified atom stereocenters. The van der Waals surface area contributed by atoms with Gasteiger partial charge in [0.1, 0.15) is 5.60 Å². The van der Waals surface area contributed by atoms with Crippen molar-refractivity contribution in [2.24, 2.45) is 5.92 Å². The normalized spacial score (nSPS) is 17.3. The summed E-state index contributed by atoms with van der Waals surface area (Å²) in [6.07, 6.45) is 3.42. The molecule has 0 spiro atoms. The number of pyridine rings is 1. The molecule has 1 atom stereocenters. The van der Waals surface area contributed by atoms with Crippen LogP contribution in [0.1, 0.15) is 45.4 Å². The second-order valence-electron chi connectivity index (χ2n) is 6.11. The smallest absolute Gasteiger partial charge is 0.293 e. The summed E-state index contributed by atoms with van der Waals surface area (Å²) in [6.45, 7) is 7.94. The highest BCUT2D eigenvalue weighted by atomic mass is 16.5. The topological polar surface area (TPSA) is 71.5 Å². The van der Waals surface area contributed by atoms with Gasteiger partial charge in [-0.25, -0.2) is 0 Å². The van der Waals surface area contributed by atoms with Gasteiger partial charge in [0.05, 0.1) is 11.8 Å². The summed E-state index contributed by atoms with van der Waals surface area (Å²) in [6, 6.07) is 5.69. The standard InChI is InChI=1S/C11H16N2O.C5H10O2/c14-11(9-4-7-12-8-5-9)10-3-1-2-6-13-10;1-5(2,3)7-4-6/h1-3,6,9,11-12,14H,4-5,7-8H2;4H,1-3H3. The maximum Gasteiger partial charge on any atom is 0.293 e. The van der Waals surface area contributed by atoms with Crippen LogP contribution in [0.4, 0.5) is 0 Å². The van der Waals surface area contributed by atoms with Crippen molar-refractivity contribution in [2.75, 3.05) is 13.1 Å². The molecule has 2 heterocycles. The number of nitrogens with zero attached hydrogens (tertiary/aromatic N) is 1. The molecule has 21 heavy (non-hydrogen) atoms. The van der Waals surface area contributed by atoms with E-state index in [-0.39, 0.29) is 5.60 Å². The highest BCUT2D eigenvalue weighted by Crippen LogP contribution is 2.26. The molecular formula is C16H26N2O3. The molecule has 0 radical (unpaired) electrons. The predicted molar refractivity (Wildman–Crippen MR) is 81.7 cm³/mol. The minimum absolute atomic E-state index is 0.318. The van der Waals surface area contributed by atoms with E-state index in [1.54, 1.807) is 6.20 Å². The van der Waals surface area contributed by atoms with Crippen molar-refractivity contribution < 1.29 is 14.6 Å².